The molecule has 3 aromatic carbocycles. The number of hydrogen-bond acceptors (Lipinski definition) is 5. The Labute approximate surface area is 218 Å². The van der Waals surface area contributed by atoms with Crippen molar-refractivity contribution in [2.45, 2.75) is 28.7 Å². The third-order valence-corrected chi connectivity index (χ3v) is 9.55. The van der Waals surface area contributed by atoms with Crippen molar-refractivity contribution in [3.05, 3.63) is 107 Å². The molecule has 2 atom stereocenters. The Morgan fingerprint density at radius 2 is 1.69 bits per heavy atom. The van der Waals surface area contributed by atoms with Crippen LogP contribution in [0.3, 0.4) is 0 Å². The first-order valence-electron chi connectivity index (χ1n) is 11.2. The molecule has 0 bridgehead atoms. The lowest BCUT2D eigenvalue weighted by molar-refractivity contribution is -0.140. The second-order valence-electron chi connectivity index (χ2n) is 8.61. The summed E-state index contributed by atoms with van der Waals surface area (Å²) in [6.45, 7) is 0.418. The number of ether oxygens (including phenoxy) is 1. The standard InChI is InChI=1S/C27H22ClNO5S2/c28-21-10-6-20(7-11-21)24-14-15-25(35-24)36(32,33)29-27(26(30)31)16-23(27)19-8-12-22(13-9-19)34-17-18-4-2-1-3-5-18/h1-15,23,29H,16-17H2,(H,30,31). The van der Waals surface area contributed by atoms with Crippen molar-refractivity contribution in [2.24, 2.45) is 0 Å². The SMILES string of the molecule is O=C(O)C1(NS(=O)(=O)c2ccc(-c3ccc(Cl)cc3)s2)CC1c1ccc(OCc2ccccc2)cc1. The molecular formula is C27H22ClNO5S2. The van der Waals surface area contributed by atoms with E-state index in [4.69, 9.17) is 16.3 Å². The van der Waals surface area contributed by atoms with E-state index in [1.165, 1.54) is 6.07 Å². The Balaban J connectivity index is 1.29. The Morgan fingerprint density at radius 1 is 1.00 bits per heavy atom. The molecule has 0 spiro atoms. The maximum Gasteiger partial charge on any atom is 0.325 e. The molecule has 184 valence electrons. The molecule has 1 fully saturated rings. The van der Waals surface area contributed by atoms with Gasteiger partial charge in [0.25, 0.3) is 10.0 Å². The first-order chi connectivity index (χ1) is 17.3. The lowest BCUT2D eigenvalue weighted by Crippen LogP contribution is -2.44. The number of hydrogen-bond donors (Lipinski definition) is 2. The summed E-state index contributed by atoms with van der Waals surface area (Å²) in [5.41, 5.74) is 1.02. The smallest absolute Gasteiger partial charge is 0.325 e. The van der Waals surface area contributed by atoms with Crippen molar-refractivity contribution in [3.63, 3.8) is 0 Å². The van der Waals surface area contributed by atoms with Gasteiger partial charge in [-0.3, -0.25) is 4.79 Å². The van der Waals surface area contributed by atoms with Crippen molar-refractivity contribution >= 4 is 38.9 Å². The third-order valence-electron chi connectivity index (χ3n) is 6.16. The number of benzene rings is 3. The van der Waals surface area contributed by atoms with E-state index in [9.17, 15) is 18.3 Å². The molecule has 0 amide bonds. The number of halogens is 1. The number of thiophene rings is 1. The van der Waals surface area contributed by atoms with Crippen LogP contribution >= 0.6 is 22.9 Å². The lowest BCUT2D eigenvalue weighted by atomic mass is 10.1. The van der Waals surface area contributed by atoms with E-state index in [0.717, 1.165) is 32.9 Å². The fourth-order valence-corrected chi connectivity index (χ4v) is 6.96. The van der Waals surface area contributed by atoms with Crippen molar-refractivity contribution in [3.8, 4) is 16.2 Å². The van der Waals surface area contributed by atoms with Gasteiger partial charge in [0.1, 0.15) is 22.1 Å². The second-order valence-corrected chi connectivity index (χ2v) is 12.0. The number of carboxylic acids is 1. The Bertz CT molecular complexity index is 1490. The summed E-state index contributed by atoms with van der Waals surface area (Å²) in [5.74, 6) is -1.03. The normalized spacial score (nSPS) is 19.1. The van der Waals surface area contributed by atoms with Crippen LogP contribution in [0, 0.1) is 0 Å². The molecule has 0 aliphatic heterocycles. The molecule has 2 unspecified atom stereocenters. The second kappa shape index (κ2) is 9.71. The molecule has 6 nitrogen and oxygen atoms in total. The van der Waals surface area contributed by atoms with Gasteiger partial charge in [0.05, 0.1) is 0 Å². The van der Waals surface area contributed by atoms with Gasteiger partial charge in [0.15, 0.2) is 0 Å². The van der Waals surface area contributed by atoms with Crippen LogP contribution in [0.25, 0.3) is 10.4 Å². The maximum absolute atomic E-state index is 13.1. The highest BCUT2D eigenvalue weighted by atomic mass is 35.5. The number of nitrogens with one attached hydrogen (secondary N) is 1. The number of carboxylic acid groups (broad SMARTS) is 1. The number of aliphatic carboxylic acids is 1. The molecule has 1 aliphatic rings. The quantitative estimate of drug-likeness (QED) is 0.275. The minimum absolute atomic E-state index is 0.0587. The fraction of sp³-hybridized carbons (Fsp3) is 0.148. The molecule has 4 aromatic rings. The van der Waals surface area contributed by atoms with Crippen molar-refractivity contribution in [1.29, 1.82) is 0 Å². The van der Waals surface area contributed by atoms with Crippen LogP contribution in [0.1, 0.15) is 23.5 Å². The molecule has 1 heterocycles. The van der Waals surface area contributed by atoms with Gasteiger partial charge >= 0.3 is 5.97 Å². The van der Waals surface area contributed by atoms with E-state index in [1.54, 1.807) is 54.6 Å². The number of rotatable bonds is 9. The van der Waals surface area contributed by atoms with Gasteiger partial charge in [-0.05, 0) is 59.5 Å². The molecule has 1 saturated carbocycles. The Morgan fingerprint density at radius 3 is 2.36 bits per heavy atom. The molecule has 5 rings (SSSR count). The highest BCUT2D eigenvalue weighted by molar-refractivity contribution is 7.91. The molecule has 1 aliphatic carbocycles. The lowest BCUT2D eigenvalue weighted by Gasteiger charge is -2.15. The zero-order valence-electron chi connectivity index (χ0n) is 18.9. The zero-order chi connectivity index (χ0) is 25.3. The van der Waals surface area contributed by atoms with Crippen molar-refractivity contribution < 1.29 is 23.1 Å². The molecule has 36 heavy (non-hydrogen) atoms. The fourth-order valence-electron chi connectivity index (χ4n) is 4.12. The summed E-state index contributed by atoms with van der Waals surface area (Å²) in [6.07, 6.45) is 0.168. The molecule has 0 saturated heterocycles. The molecule has 9 heteroatoms. The van der Waals surface area contributed by atoms with Gasteiger partial charge in [-0.25, -0.2) is 8.42 Å². The Hall–Kier alpha value is -3.17. The predicted octanol–water partition coefficient (Wildman–Crippen LogP) is 5.94. The van der Waals surface area contributed by atoms with Crippen LogP contribution in [0.15, 0.2) is 95.2 Å². The topological polar surface area (TPSA) is 92.7 Å². The average Bonchev–Trinajstić information content (AvgIpc) is 3.36. The van der Waals surface area contributed by atoms with Gasteiger partial charge in [-0.1, -0.05) is 66.2 Å². The molecule has 2 N–H and O–H groups in total. The average molecular weight is 540 g/mol. The van der Waals surface area contributed by atoms with Gasteiger partial charge < -0.3 is 9.84 Å². The minimum atomic E-state index is -4.05. The van der Waals surface area contributed by atoms with E-state index >= 15 is 0 Å². The number of sulfonamides is 1. The maximum atomic E-state index is 13.1. The molecule has 1 aromatic heterocycles. The summed E-state index contributed by atoms with van der Waals surface area (Å²) < 4.78 is 34.6. The van der Waals surface area contributed by atoms with Crippen LogP contribution in [-0.4, -0.2) is 25.0 Å². The van der Waals surface area contributed by atoms with Gasteiger partial charge in [0, 0.05) is 15.8 Å². The van der Waals surface area contributed by atoms with E-state index in [-0.39, 0.29) is 10.6 Å². The van der Waals surface area contributed by atoms with E-state index in [0.29, 0.717) is 17.4 Å². The van der Waals surface area contributed by atoms with Gasteiger partial charge in [-0.15, -0.1) is 11.3 Å². The first-order valence-corrected chi connectivity index (χ1v) is 13.8. The van der Waals surface area contributed by atoms with Crippen LogP contribution in [0.4, 0.5) is 0 Å². The summed E-state index contributed by atoms with van der Waals surface area (Å²) in [7, 11) is -4.05. The van der Waals surface area contributed by atoms with E-state index in [1.807, 2.05) is 30.3 Å². The van der Waals surface area contributed by atoms with Gasteiger partial charge in [-0.2, -0.15) is 4.72 Å². The third kappa shape index (κ3) is 5.03. The minimum Gasteiger partial charge on any atom is -0.489 e. The summed E-state index contributed by atoms with van der Waals surface area (Å²) >= 11 is 7.01. The van der Waals surface area contributed by atoms with Gasteiger partial charge in [0.2, 0.25) is 0 Å². The summed E-state index contributed by atoms with van der Waals surface area (Å²) in [6, 6.07) is 27.1. The van der Waals surface area contributed by atoms with Crippen LogP contribution in [0.2, 0.25) is 5.02 Å². The van der Waals surface area contributed by atoms with Crippen molar-refractivity contribution in [1.82, 2.24) is 4.72 Å². The summed E-state index contributed by atoms with van der Waals surface area (Å²) in [4.78, 5) is 12.9. The van der Waals surface area contributed by atoms with E-state index in [2.05, 4.69) is 4.72 Å². The Kier molecular flexibility index (Phi) is 6.61. The largest absolute Gasteiger partial charge is 0.489 e. The molecular weight excluding hydrogens is 518 g/mol. The molecule has 0 radical (unpaired) electrons. The zero-order valence-corrected chi connectivity index (χ0v) is 21.3. The predicted molar refractivity (Wildman–Crippen MR) is 140 cm³/mol. The van der Waals surface area contributed by atoms with Crippen LogP contribution < -0.4 is 9.46 Å². The monoisotopic (exact) mass is 539 g/mol. The van der Waals surface area contributed by atoms with E-state index < -0.39 is 27.4 Å². The van der Waals surface area contributed by atoms with Crippen LogP contribution in [0.5, 0.6) is 5.75 Å². The number of carbonyl (C=O) groups is 1. The highest BCUT2D eigenvalue weighted by Gasteiger charge is 2.63. The van der Waals surface area contributed by atoms with Crippen molar-refractivity contribution in [2.75, 3.05) is 0 Å². The van der Waals surface area contributed by atoms with Crippen LogP contribution in [-0.2, 0) is 21.4 Å². The highest BCUT2D eigenvalue weighted by Crippen LogP contribution is 2.53. The first kappa shape index (κ1) is 24.5. The summed E-state index contributed by atoms with van der Waals surface area (Å²) in [5, 5.41) is 10.5.